The summed E-state index contributed by atoms with van der Waals surface area (Å²) in [6, 6.07) is 10.0. The third-order valence-corrected chi connectivity index (χ3v) is 6.03. The van der Waals surface area contributed by atoms with Gasteiger partial charge in [0.1, 0.15) is 5.82 Å². The minimum atomic E-state index is -4.47. The predicted molar refractivity (Wildman–Crippen MR) is 120 cm³/mol. The summed E-state index contributed by atoms with van der Waals surface area (Å²) >= 11 is 0. The number of tetrazole rings is 1. The van der Waals surface area contributed by atoms with Gasteiger partial charge in [0.15, 0.2) is 5.82 Å². The molecule has 1 saturated heterocycles. The van der Waals surface area contributed by atoms with Gasteiger partial charge in [0, 0.05) is 39.1 Å². The molecule has 0 aliphatic carbocycles. The Morgan fingerprint density at radius 1 is 1.00 bits per heavy atom. The van der Waals surface area contributed by atoms with E-state index in [-0.39, 0.29) is 24.7 Å². The van der Waals surface area contributed by atoms with Crippen molar-refractivity contribution in [1.82, 2.24) is 30.0 Å². The molecule has 0 N–H and O–H groups in total. The average molecular weight is 491 g/mol. The van der Waals surface area contributed by atoms with Crippen LogP contribution < -0.4 is 0 Å². The van der Waals surface area contributed by atoms with E-state index >= 15 is 0 Å². The molecule has 0 radical (unpaired) electrons. The Labute approximate surface area is 200 Å². The van der Waals surface area contributed by atoms with Gasteiger partial charge in [-0.3, -0.25) is 9.69 Å². The average Bonchev–Trinajstić information content (AvgIpc) is 3.22. The number of rotatable bonds is 7. The molecule has 2 heterocycles. The second-order valence-corrected chi connectivity index (χ2v) is 8.64. The first-order chi connectivity index (χ1) is 16.7. The molecule has 35 heavy (non-hydrogen) atoms. The van der Waals surface area contributed by atoms with Crippen molar-refractivity contribution in [2.75, 3.05) is 26.2 Å². The first-order valence-corrected chi connectivity index (χ1v) is 11.4. The van der Waals surface area contributed by atoms with Crippen LogP contribution in [0, 0.1) is 12.7 Å². The number of aromatic nitrogens is 4. The van der Waals surface area contributed by atoms with Gasteiger partial charge in [-0.05, 0) is 59.5 Å². The van der Waals surface area contributed by atoms with E-state index in [4.69, 9.17) is 0 Å². The molecular weight excluding hydrogens is 464 g/mol. The van der Waals surface area contributed by atoms with E-state index in [1.807, 2.05) is 6.07 Å². The number of piperazine rings is 1. The van der Waals surface area contributed by atoms with Gasteiger partial charge in [0.2, 0.25) is 5.91 Å². The zero-order valence-electron chi connectivity index (χ0n) is 19.3. The second-order valence-electron chi connectivity index (χ2n) is 8.64. The first-order valence-electron chi connectivity index (χ1n) is 11.4. The molecule has 1 fully saturated rings. The van der Waals surface area contributed by atoms with Crippen molar-refractivity contribution in [3.05, 3.63) is 76.4 Å². The van der Waals surface area contributed by atoms with Crippen LogP contribution in [0.2, 0.25) is 0 Å². The predicted octanol–water partition coefficient (Wildman–Crippen LogP) is 3.46. The summed E-state index contributed by atoms with van der Waals surface area (Å²) in [6.07, 6.45) is -3.98. The molecule has 4 rings (SSSR count). The number of aryl methyl sites for hydroxylation is 2. The fourth-order valence-corrected chi connectivity index (χ4v) is 4.18. The molecule has 0 bridgehead atoms. The molecule has 11 heteroatoms. The van der Waals surface area contributed by atoms with Crippen LogP contribution in [0.5, 0.6) is 0 Å². The van der Waals surface area contributed by atoms with Crippen molar-refractivity contribution >= 4 is 5.91 Å². The largest absolute Gasteiger partial charge is 0.416 e. The summed E-state index contributed by atoms with van der Waals surface area (Å²) in [4.78, 5) is 18.0. The summed E-state index contributed by atoms with van der Waals surface area (Å²) in [5.41, 5.74) is 1.18. The number of carbonyl (C=O) groups excluding carboxylic acids is 1. The zero-order valence-corrected chi connectivity index (χ0v) is 19.3. The van der Waals surface area contributed by atoms with Gasteiger partial charge >= 0.3 is 6.18 Å². The smallest absolute Gasteiger partial charge is 0.340 e. The lowest BCUT2D eigenvalue weighted by atomic mass is 9.99. The van der Waals surface area contributed by atoms with Gasteiger partial charge in [-0.2, -0.15) is 18.0 Å². The fraction of sp³-hybridized carbons (Fsp3) is 0.417. The van der Waals surface area contributed by atoms with Crippen LogP contribution in [0.3, 0.4) is 0 Å². The highest BCUT2D eigenvalue weighted by atomic mass is 19.4. The van der Waals surface area contributed by atoms with Crippen LogP contribution in [0.15, 0.2) is 42.5 Å². The van der Waals surface area contributed by atoms with Crippen LogP contribution >= 0.6 is 0 Å². The fourth-order valence-electron chi connectivity index (χ4n) is 4.18. The summed E-state index contributed by atoms with van der Waals surface area (Å²) < 4.78 is 53.2. The van der Waals surface area contributed by atoms with Crippen molar-refractivity contribution in [1.29, 1.82) is 0 Å². The molecule has 0 unspecified atom stereocenters. The van der Waals surface area contributed by atoms with E-state index in [2.05, 4.69) is 20.3 Å². The molecule has 1 aliphatic rings. The summed E-state index contributed by atoms with van der Waals surface area (Å²) in [6.45, 7) is 4.74. The first kappa shape index (κ1) is 24.8. The Hall–Kier alpha value is -3.34. The molecule has 7 nitrogen and oxygen atoms in total. The third-order valence-electron chi connectivity index (χ3n) is 6.03. The van der Waals surface area contributed by atoms with Crippen molar-refractivity contribution < 1.29 is 22.4 Å². The molecule has 3 aromatic rings. The zero-order chi connectivity index (χ0) is 25.0. The maximum absolute atomic E-state index is 13.4. The van der Waals surface area contributed by atoms with Gasteiger partial charge < -0.3 is 4.90 Å². The third kappa shape index (κ3) is 6.62. The molecule has 1 aliphatic heterocycles. The SMILES string of the molecule is Cc1nnn(Cc2cc(C(F)(F)F)ccc2CCC(=O)N2CCN(Cc3cccc(F)c3)CC2)n1. The molecular formula is C24H26F4N6O. The minimum absolute atomic E-state index is 0.0348. The summed E-state index contributed by atoms with van der Waals surface area (Å²) in [7, 11) is 0. The molecule has 2 aromatic carbocycles. The maximum Gasteiger partial charge on any atom is 0.416 e. The van der Waals surface area contributed by atoms with Crippen LogP contribution in [0.1, 0.15) is 34.5 Å². The Bertz CT molecular complexity index is 1170. The molecule has 1 amide bonds. The van der Waals surface area contributed by atoms with E-state index in [0.717, 1.165) is 17.7 Å². The highest BCUT2D eigenvalue weighted by Crippen LogP contribution is 2.31. The van der Waals surface area contributed by atoms with Crippen molar-refractivity contribution in [3.63, 3.8) is 0 Å². The summed E-state index contributed by atoms with van der Waals surface area (Å²) in [5, 5.41) is 11.7. The van der Waals surface area contributed by atoms with Crippen molar-refractivity contribution in [3.8, 4) is 0 Å². The molecule has 0 atom stereocenters. The van der Waals surface area contributed by atoms with Gasteiger partial charge in [-0.15, -0.1) is 10.2 Å². The van der Waals surface area contributed by atoms with Crippen LogP contribution in [-0.2, 0) is 30.5 Å². The van der Waals surface area contributed by atoms with Gasteiger partial charge in [0.25, 0.3) is 0 Å². The minimum Gasteiger partial charge on any atom is -0.340 e. The Morgan fingerprint density at radius 2 is 1.77 bits per heavy atom. The number of carbonyl (C=O) groups is 1. The van der Waals surface area contributed by atoms with E-state index < -0.39 is 11.7 Å². The summed E-state index contributed by atoms with van der Waals surface area (Å²) in [5.74, 6) is 0.106. The van der Waals surface area contributed by atoms with Crippen LogP contribution in [0.25, 0.3) is 0 Å². The highest BCUT2D eigenvalue weighted by molar-refractivity contribution is 5.76. The number of nitrogens with zero attached hydrogens (tertiary/aromatic N) is 6. The normalized spacial score (nSPS) is 14.9. The molecule has 1 aromatic heterocycles. The van der Waals surface area contributed by atoms with Gasteiger partial charge in [-0.1, -0.05) is 18.2 Å². The van der Waals surface area contributed by atoms with Gasteiger partial charge in [-0.25, -0.2) is 4.39 Å². The number of alkyl halides is 3. The Morgan fingerprint density at radius 3 is 2.43 bits per heavy atom. The highest BCUT2D eigenvalue weighted by Gasteiger charge is 2.31. The topological polar surface area (TPSA) is 67.2 Å². The Balaban J connectivity index is 1.35. The van der Waals surface area contributed by atoms with E-state index in [1.54, 1.807) is 17.9 Å². The van der Waals surface area contributed by atoms with Crippen molar-refractivity contribution in [2.24, 2.45) is 0 Å². The Kier molecular flexibility index (Phi) is 7.44. The standard InChI is InChI=1S/C24H26F4N6O/c1-17-29-31-34(30-17)16-20-14-21(24(26,27)28)7-5-19(20)6-8-23(35)33-11-9-32(10-12-33)15-18-3-2-4-22(25)13-18/h2-5,7,13-14H,6,8-12,15-16H2,1H3. The lowest BCUT2D eigenvalue weighted by Crippen LogP contribution is -2.48. The van der Waals surface area contributed by atoms with Gasteiger partial charge in [0.05, 0.1) is 12.1 Å². The molecule has 0 saturated carbocycles. The van der Waals surface area contributed by atoms with E-state index in [9.17, 15) is 22.4 Å². The molecule has 0 spiro atoms. The van der Waals surface area contributed by atoms with Crippen LogP contribution in [0.4, 0.5) is 17.6 Å². The number of hydrogen-bond donors (Lipinski definition) is 0. The van der Waals surface area contributed by atoms with E-state index in [1.165, 1.54) is 23.0 Å². The number of hydrogen-bond acceptors (Lipinski definition) is 5. The maximum atomic E-state index is 13.4. The van der Waals surface area contributed by atoms with Crippen molar-refractivity contribution in [2.45, 2.75) is 39.0 Å². The number of halogens is 4. The molecule has 186 valence electrons. The monoisotopic (exact) mass is 490 g/mol. The number of benzene rings is 2. The van der Waals surface area contributed by atoms with E-state index in [0.29, 0.717) is 56.1 Å². The second kappa shape index (κ2) is 10.5. The lowest BCUT2D eigenvalue weighted by molar-refractivity contribution is -0.137. The van der Waals surface area contributed by atoms with Crippen LogP contribution in [-0.4, -0.2) is 62.1 Å². The quantitative estimate of drug-likeness (QED) is 0.475. The lowest BCUT2D eigenvalue weighted by Gasteiger charge is -2.35. The number of amides is 1.